The molecule has 0 unspecified atom stereocenters. The first-order chi connectivity index (χ1) is 8.06. The van der Waals surface area contributed by atoms with Crippen molar-refractivity contribution in [2.24, 2.45) is 0 Å². The van der Waals surface area contributed by atoms with Crippen molar-refractivity contribution >= 4 is 15.8 Å². The summed E-state index contributed by atoms with van der Waals surface area (Å²) in [7, 11) is 2.08. The maximum Gasteiger partial charge on any atom is 0.294 e. The molecule has 0 amide bonds. The summed E-state index contributed by atoms with van der Waals surface area (Å²) in [4.78, 5) is -0.147. The summed E-state index contributed by atoms with van der Waals surface area (Å²) in [6.07, 6.45) is 0. The lowest BCUT2D eigenvalue weighted by Crippen LogP contribution is -2.36. The fourth-order valence-corrected chi connectivity index (χ4v) is 1.42. The first kappa shape index (κ1) is 16.9. The van der Waals surface area contributed by atoms with Crippen LogP contribution in [0.2, 0.25) is 0 Å². The Morgan fingerprint density at radius 3 is 1.83 bits per heavy atom. The van der Waals surface area contributed by atoms with E-state index in [2.05, 4.69) is 21.1 Å². The molecule has 7 heteroatoms. The van der Waals surface area contributed by atoms with E-state index in [1.807, 2.05) is 0 Å². The summed E-state index contributed by atoms with van der Waals surface area (Å²) in [5.41, 5.74) is 5.75. The number of hydrogen-bond acceptors (Lipinski definition) is 4. The van der Waals surface area contributed by atoms with Gasteiger partial charge in [0.05, 0.1) is 32.6 Å². The molecule has 0 aliphatic heterocycles. The molecule has 0 radical (unpaired) electrons. The summed E-state index contributed by atoms with van der Waals surface area (Å²) in [5.74, 6) is 0. The van der Waals surface area contributed by atoms with Crippen LogP contribution >= 0.6 is 0 Å². The number of anilines is 1. The van der Waals surface area contributed by atoms with E-state index < -0.39 is 10.1 Å². The first-order valence-electron chi connectivity index (χ1n) is 5.30. The minimum Gasteiger partial charge on any atom is -0.399 e. The standard InChI is InChI=1S/C6H7NO3S.C5H14NO/c7-5-1-3-6(4-2-5)11(8,9)10;1-6(2,3)4-5-7/h1-4H,7H2,(H,8,9,10);7H,4-5H2,1-3H3/q;+1. The largest absolute Gasteiger partial charge is 0.399 e. The van der Waals surface area contributed by atoms with E-state index in [4.69, 9.17) is 15.4 Å². The zero-order valence-electron chi connectivity index (χ0n) is 10.9. The smallest absolute Gasteiger partial charge is 0.294 e. The van der Waals surface area contributed by atoms with Gasteiger partial charge in [0.15, 0.2) is 0 Å². The average molecular weight is 277 g/mol. The zero-order chi connectivity index (χ0) is 14.4. The van der Waals surface area contributed by atoms with Crippen LogP contribution in [0.1, 0.15) is 0 Å². The van der Waals surface area contributed by atoms with Gasteiger partial charge in [-0.05, 0) is 24.3 Å². The van der Waals surface area contributed by atoms with Crippen LogP contribution in [-0.4, -0.2) is 56.9 Å². The van der Waals surface area contributed by atoms with Gasteiger partial charge in [-0.2, -0.15) is 8.42 Å². The van der Waals surface area contributed by atoms with Gasteiger partial charge in [-0.1, -0.05) is 0 Å². The fraction of sp³-hybridized carbons (Fsp3) is 0.455. The van der Waals surface area contributed by atoms with Gasteiger partial charge in [0.1, 0.15) is 6.54 Å². The van der Waals surface area contributed by atoms with Crippen LogP contribution in [-0.2, 0) is 10.1 Å². The van der Waals surface area contributed by atoms with E-state index in [0.717, 1.165) is 11.0 Å². The van der Waals surface area contributed by atoms with Crippen molar-refractivity contribution in [1.29, 1.82) is 0 Å². The SMILES string of the molecule is C[N+](C)(C)CCO.Nc1ccc(S(=O)(=O)O)cc1. The zero-order valence-corrected chi connectivity index (χ0v) is 11.7. The van der Waals surface area contributed by atoms with E-state index >= 15 is 0 Å². The number of rotatable bonds is 3. The number of hydrogen-bond donors (Lipinski definition) is 3. The lowest BCUT2D eigenvalue weighted by molar-refractivity contribution is -0.870. The molecule has 1 aromatic rings. The Bertz CT molecular complexity index is 449. The van der Waals surface area contributed by atoms with Crippen LogP contribution < -0.4 is 5.73 Å². The van der Waals surface area contributed by atoms with Crippen LogP contribution in [0, 0.1) is 0 Å². The number of aliphatic hydroxyl groups excluding tert-OH is 1. The van der Waals surface area contributed by atoms with E-state index in [0.29, 0.717) is 5.69 Å². The van der Waals surface area contributed by atoms with Crippen molar-refractivity contribution in [2.75, 3.05) is 40.0 Å². The highest BCUT2D eigenvalue weighted by Gasteiger charge is 2.07. The average Bonchev–Trinajstić information content (AvgIpc) is 2.15. The summed E-state index contributed by atoms with van der Waals surface area (Å²) in [6.45, 7) is 1.11. The lowest BCUT2D eigenvalue weighted by atomic mass is 10.3. The van der Waals surface area contributed by atoms with Crippen molar-refractivity contribution in [1.82, 2.24) is 0 Å². The third-order valence-corrected chi connectivity index (χ3v) is 2.82. The Hall–Kier alpha value is -1.15. The van der Waals surface area contributed by atoms with Crippen LogP contribution in [0.15, 0.2) is 29.2 Å². The van der Waals surface area contributed by atoms with Crippen LogP contribution in [0.4, 0.5) is 5.69 Å². The summed E-state index contributed by atoms with van der Waals surface area (Å²) < 4.78 is 30.3. The lowest BCUT2D eigenvalue weighted by Gasteiger charge is -2.21. The molecule has 0 atom stereocenters. The normalized spacial score (nSPS) is 11.6. The second kappa shape index (κ2) is 6.69. The van der Waals surface area contributed by atoms with Crippen molar-refractivity contribution in [3.8, 4) is 0 Å². The highest BCUT2D eigenvalue weighted by atomic mass is 32.2. The number of likely N-dealkylation sites (N-methyl/N-ethyl adjacent to an activating group) is 1. The van der Waals surface area contributed by atoms with Gasteiger partial charge in [0.2, 0.25) is 0 Å². The van der Waals surface area contributed by atoms with Gasteiger partial charge in [0.25, 0.3) is 10.1 Å². The van der Waals surface area contributed by atoms with Crippen LogP contribution in [0.3, 0.4) is 0 Å². The Morgan fingerprint density at radius 1 is 1.17 bits per heavy atom. The van der Waals surface area contributed by atoms with Gasteiger partial charge >= 0.3 is 0 Å². The predicted molar refractivity (Wildman–Crippen MR) is 70.7 cm³/mol. The third-order valence-electron chi connectivity index (χ3n) is 1.95. The number of aliphatic hydroxyl groups is 1. The van der Waals surface area contributed by atoms with Gasteiger partial charge in [-0.3, -0.25) is 4.55 Å². The molecule has 4 N–H and O–H groups in total. The Kier molecular flexibility index (Phi) is 6.27. The highest BCUT2D eigenvalue weighted by Crippen LogP contribution is 2.10. The molecule has 0 aromatic heterocycles. The Balaban J connectivity index is 0.000000360. The van der Waals surface area contributed by atoms with Crippen molar-refractivity contribution < 1.29 is 22.6 Å². The van der Waals surface area contributed by atoms with E-state index in [9.17, 15) is 8.42 Å². The molecule has 104 valence electrons. The molecule has 1 aromatic carbocycles. The van der Waals surface area contributed by atoms with Crippen LogP contribution in [0.5, 0.6) is 0 Å². The minimum atomic E-state index is -4.08. The number of nitrogen functional groups attached to an aromatic ring is 1. The van der Waals surface area contributed by atoms with Crippen molar-refractivity contribution in [3.05, 3.63) is 24.3 Å². The molecule has 0 bridgehead atoms. The molecule has 1 rings (SSSR count). The third kappa shape index (κ3) is 8.02. The molecule has 0 saturated carbocycles. The molecule has 6 nitrogen and oxygen atoms in total. The summed E-state index contributed by atoms with van der Waals surface area (Å²) >= 11 is 0. The molecule has 0 heterocycles. The monoisotopic (exact) mass is 277 g/mol. The van der Waals surface area contributed by atoms with Gasteiger partial charge in [-0.25, -0.2) is 0 Å². The number of benzene rings is 1. The molecule has 0 spiro atoms. The number of quaternary nitrogens is 1. The van der Waals surface area contributed by atoms with Crippen molar-refractivity contribution in [3.63, 3.8) is 0 Å². The number of nitrogens with two attached hydrogens (primary N) is 1. The number of nitrogens with zero attached hydrogens (tertiary/aromatic N) is 1. The fourth-order valence-electron chi connectivity index (χ4n) is 0.940. The first-order valence-corrected chi connectivity index (χ1v) is 6.74. The minimum absolute atomic E-state index is 0.147. The van der Waals surface area contributed by atoms with E-state index in [1.54, 1.807) is 0 Å². The molecule has 0 fully saturated rings. The van der Waals surface area contributed by atoms with E-state index in [1.165, 1.54) is 24.3 Å². The molecular formula is C11H21N2O4S+. The van der Waals surface area contributed by atoms with Gasteiger partial charge in [-0.15, -0.1) is 0 Å². The Labute approximate surface area is 108 Å². The highest BCUT2D eigenvalue weighted by molar-refractivity contribution is 7.85. The van der Waals surface area contributed by atoms with Crippen LogP contribution in [0.25, 0.3) is 0 Å². The van der Waals surface area contributed by atoms with Gasteiger partial charge in [0, 0.05) is 5.69 Å². The molecule has 18 heavy (non-hydrogen) atoms. The Morgan fingerprint density at radius 2 is 1.61 bits per heavy atom. The van der Waals surface area contributed by atoms with E-state index in [-0.39, 0.29) is 11.5 Å². The molecule has 0 aliphatic carbocycles. The topological polar surface area (TPSA) is 101 Å². The molecular weight excluding hydrogens is 256 g/mol. The summed E-state index contributed by atoms with van der Waals surface area (Å²) in [5, 5.41) is 8.39. The van der Waals surface area contributed by atoms with Crippen molar-refractivity contribution in [2.45, 2.75) is 4.90 Å². The predicted octanol–water partition coefficient (Wildman–Crippen LogP) is 0.200. The van der Waals surface area contributed by atoms with Gasteiger partial charge < -0.3 is 15.3 Å². The summed E-state index contributed by atoms with van der Waals surface area (Å²) in [6, 6.07) is 5.29. The quantitative estimate of drug-likeness (QED) is 0.416. The second-order valence-electron chi connectivity index (χ2n) is 4.78. The second-order valence-corrected chi connectivity index (χ2v) is 6.20. The maximum absolute atomic E-state index is 10.5. The molecule has 0 saturated heterocycles. The molecule has 0 aliphatic rings. The maximum atomic E-state index is 10.5.